The highest BCUT2D eigenvalue weighted by molar-refractivity contribution is 7.91. The molecule has 0 fully saturated rings. The van der Waals surface area contributed by atoms with E-state index in [9.17, 15) is 43.9 Å². The molecule has 0 radical (unpaired) electrons. The van der Waals surface area contributed by atoms with Gasteiger partial charge in [0.1, 0.15) is 57.3 Å². The highest BCUT2D eigenvalue weighted by Gasteiger charge is 2.32. The topological polar surface area (TPSA) is 311 Å². The van der Waals surface area contributed by atoms with Crippen LogP contribution in [0.15, 0.2) is 107 Å². The molecule has 0 bridgehead atoms. The second-order valence-electron chi connectivity index (χ2n) is 17.4. The average molecular weight is 1190 g/mol. The van der Waals surface area contributed by atoms with Gasteiger partial charge in [0.2, 0.25) is 0 Å². The minimum Gasteiger partial charge on any atom is -0.494 e. The molecule has 78 heavy (non-hydrogen) atoms. The number of benzene rings is 4. The lowest BCUT2D eigenvalue weighted by molar-refractivity contribution is 0.198. The van der Waals surface area contributed by atoms with Gasteiger partial charge in [-0.15, -0.1) is 20.4 Å². The van der Waals surface area contributed by atoms with Crippen LogP contribution >= 0.6 is 23.2 Å². The van der Waals surface area contributed by atoms with Crippen molar-refractivity contribution in [2.24, 2.45) is 14.1 Å². The molecule has 4 heterocycles. The predicted molar refractivity (Wildman–Crippen MR) is 287 cm³/mol. The first-order valence-corrected chi connectivity index (χ1v) is 30.9. The third-order valence-electron chi connectivity index (χ3n) is 11.6. The Labute approximate surface area is 459 Å². The number of nitrogens with zero attached hydrogens (tertiary/aromatic N) is 10. The molecule has 4 aromatic carbocycles. The molecule has 416 valence electrons. The number of para-hydroxylation sites is 2. The van der Waals surface area contributed by atoms with Crippen molar-refractivity contribution in [3.8, 4) is 57.4 Å². The summed E-state index contributed by atoms with van der Waals surface area (Å²) in [5.74, 6) is -0.920. The maximum Gasteiger partial charge on any atom is 0.189 e. The third kappa shape index (κ3) is 13.3. The molecule has 0 saturated carbocycles. The van der Waals surface area contributed by atoms with E-state index in [0.717, 1.165) is 12.5 Å². The molecule has 30 heteroatoms. The van der Waals surface area contributed by atoms with E-state index in [1.807, 2.05) is 0 Å². The molecular weight excluding hydrogens is 1140 g/mol. The molecule has 2 atom stereocenters. The number of ether oxygens (including phenoxy) is 4. The Morgan fingerprint density at radius 2 is 0.846 bits per heavy atom. The Kier molecular flexibility index (Phi) is 17.8. The second-order valence-corrected chi connectivity index (χ2v) is 26.4. The van der Waals surface area contributed by atoms with Crippen LogP contribution in [0.4, 0.5) is 0 Å². The van der Waals surface area contributed by atoms with Gasteiger partial charge in [0, 0.05) is 60.2 Å². The molecule has 0 aliphatic carbocycles. The van der Waals surface area contributed by atoms with Gasteiger partial charge in [-0.05, 0) is 60.7 Å². The molecule has 8 rings (SSSR count). The lowest BCUT2D eigenvalue weighted by atomic mass is 10.1. The SMILES string of the molecule is COc1cccc(OC)c1-n1c(CS(=O)(=O)C[C@@H](O)c2ccc(Cl)cc2S(C)(=O)=O)nnc1-c1ccn(C)n1.COc1cccc(OC)c1-n1c(CS(=O)(=O)C[C@H](O)c2ccc(Cl)cc2S(C)(=O)=O)nnc1-c1ccn(C)n1. The Morgan fingerprint density at radius 3 is 1.13 bits per heavy atom. The summed E-state index contributed by atoms with van der Waals surface area (Å²) in [7, 11) is -6.51. The van der Waals surface area contributed by atoms with Crippen LogP contribution in [-0.2, 0) is 65.0 Å². The molecular formula is C48H52Cl2N10O14S4. The van der Waals surface area contributed by atoms with E-state index in [0.29, 0.717) is 45.8 Å². The second kappa shape index (κ2) is 23.6. The van der Waals surface area contributed by atoms with Crippen molar-refractivity contribution in [3.63, 3.8) is 0 Å². The van der Waals surface area contributed by atoms with Crippen molar-refractivity contribution in [3.05, 3.63) is 130 Å². The number of aliphatic hydroxyl groups excluding tert-OH is 2. The number of hydrogen-bond donors (Lipinski definition) is 2. The monoisotopic (exact) mass is 1190 g/mol. The van der Waals surface area contributed by atoms with E-state index in [1.54, 1.807) is 84.4 Å². The Balaban J connectivity index is 0.000000226. The van der Waals surface area contributed by atoms with Gasteiger partial charge in [0.05, 0.1) is 61.9 Å². The highest BCUT2D eigenvalue weighted by atomic mass is 35.5. The zero-order valence-electron chi connectivity index (χ0n) is 42.9. The first-order valence-electron chi connectivity index (χ1n) is 22.8. The third-order valence-corrected chi connectivity index (χ3v) is 17.4. The molecule has 0 spiro atoms. The van der Waals surface area contributed by atoms with Crippen molar-refractivity contribution in [1.82, 2.24) is 49.1 Å². The molecule has 0 aliphatic heterocycles. The summed E-state index contributed by atoms with van der Waals surface area (Å²) in [5.41, 5.74) is 1.40. The predicted octanol–water partition coefficient (Wildman–Crippen LogP) is 4.78. The van der Waals surface area contributed by atoms with Crippen LogP contribution in [0.3, 0.4) is 0 Å². The van der Waals surface area contributed by atoms with Crippen molar-refractivity contribution in [2.45, 2.75) is 33.5 Å². The molecule has 0 saturated heterocycles. The van der Waals surface area contributed by atoms with Crippen molar-refractivity contribution >= 4 is 62.6 Å². The summed E-state index contributed by atoms with van der Waals surface area (Å²) < 4.78 is 131. The number of halogens is 2. The number of methoxy groups -OCH3 is 4. The summed E-state index contributed by atoms with van der Waals surface area (Å²) in [4.78, 5) is -0.505. The minimum absolute atomic E-state index is 0.00472. The number of aryl methyl sites for hydroxylation is 2. The van der Waals surface area contributed by atoms with Crippen LogP contribution in [0, 0.1) is 0 Å². The summed E-state index contributed by atoms with van der Waals surface area (Å²) in [6.45, 7) is 0. The van der Waals surface area contributed by atoms with E-state index >= 15 is 0 Å². The first-order chi connectivity index (χ1) is 36.7. The Hall–Kier alpha value is -6.92. The van der Waals surface area contributed by atoms with Crippen LogP contribution in [0.2, 0.25) is 10.0 Å². The molecule has 0 amide bonds. The van der Waals surface area contributed by atoms with Crippen molar-refractivity contribution in [1.29, 1.82) is 0 Å². The summed E-state index contributed by atoms with van der Waals surface area (Å²) in [6, 6.07) is 21.2. The Bertz CT molecular complexity index is 3680. The highest BCUT2D eigenvalue weighted by Crippen LogP contribution is 2.39. The number of aliphatic hydroxyl groups is 2. The average Bonchev–Trinajstić information content (AvgIpc) is 4.25. The number of sulfone groups is 4. The van der Waals surface area contributed by atoms with E-state index < -0.39 is 74.6 Å². The van der Waals surface area contributed by atoms with Crippen LogP contribution in [0.25, 0.3) is 34.4 Å². The molecule has 8 aromatic rings. The maximum atomic E-state index is 13.4. The van der Waals surface area contributed by atoms with Gasteiger partial charge < -0.3 is 29.2 Å². The van der Waals surface area contributed by atoms with Gasteiger partial charge in [-0.3, -0.25) is 18.5 Å². The van der Waals surface area contributed by atoms with Gasteiger partial charge in [-0.2, -0.15) is 10.2 Å². The molecule has 4 aromatic heterocycles. The van der Waals surface area contributed by atoms with E-state index in [2.05, 4.69) is 30.6 Å². The summed E-state index contributed by atoms with van der Waals surface area (Å²) in [5, 5.41) is 47.4. The van der Waals surface area contributed by atoms with Gasteiger partial charge in [-0.25, -0.2) is 33.7 Å². The van der Waals surface area contributed by atoms with Crippen LogP contribution < -0.4 is 18.9 Å². The Morgan fingerprint density at radius 1 is 0.513 bits per heavy atom. The quantitative estimate of drug-likeness (QED) is 0.104. The van der Waals surface area contributed by atoms with Gasteiger partial charge >= 0.3 is 0 Å². The fourth-order valence-corrected chi connectivity index (χ4v) is 13.3. The molecule has 2 N–H and O–H groups in total. The molecule has 24 nitrogen and oxygen atoms in total. The molecule has 0 unspecified atom stereocenters. The van der Waals surface area contributed by atoms with Gasteiger partial charge in [-0.1, -0.05) is 47.5 Å². The number of hydrogen-bond acceptors (Lipinski definition) is 20. The number of aromatic nitrogens is 10. The smallest absolute Gasteiger partial charge is 0.189 e. The minimum atomic E-state index is -4.10. The van der Waals surface area contributed by atoms with Gasteiger partial charge in [0.15, 0.2) is 62.6 Å². The van der Waals surface area contributed by atoms with Crippen molar-refractivity contribution in [2.75, 3.05) is 52.5 Å². The zero-order chi connectivity index (χ0) is 57.1. The zero-order valence-corrected chi connectivity index (χ0v) is 47.7. The van der Waals surface area contributed by atoms with E-state index in [4.69, 9.17) is 42.1 Å². The fraction of sp³-hybridized carbons (Fsp3) is 0.292. The van der Waals surface area contributed by atoms with Crippen LogP contribution in [0.1, 0.15) is 35.0 Å². The largest absolute Gasteiger partial charge is 0.494 e. The summed E-state index contributed by atoms with van der Waals surface area (Å²) in [6.07, 6.45) is 2.00. The normalized spacial score (nSPS) is 12.9. The number of rotatable bonds is 20. The fourth-order valence-electron chi connectivity index (χ4n) is 8.18. The maximum absolute atomic E-state index is 13.4. The lowest BCUT2D eigenvalue weighted by Crippen LogP contribution is -2.20. The molecule has 0 aliphatic rings. The standard InChI is InChI=1S/2C24H26ClN5O7S2/c2*1-29-11-10-17(28-29)24-27-26-22(30(24)23-19(36-2)6-5-7-20(23)37-3)14-39(34,35)13-18(31)16-9-8-15(25)12-21(16)38(4,32)33/h2*5-12,18,31H,13-14H2,1-4H3/t2*18-/m10/s1. The van der Waals surface area contributed by atoms with E-state index in [-0.39, 0.29) is 54.3 Å². The summed E-state index contributed by atoms with van der Waals surface area (Å²) >= 11 is 11.9. The van der Waals surface area contributed by atoms with Crippen LogP contribution in [-0.4, -0.2) is 145 Å². The van der Waals surface area contributed by atoms with Crippen LogP contribution in [0.5, 0.6) is 23.0 Å². The first kappa shape index (κ1) is 58.8. The lowest BCUT2D eigenvalue weighted by Gasteiger charge is -2.18. The van der Waals surface area contributed by atoms with Gasteiger partial charge in [0.25, 0.3) is 0 Å². The van der Waals surface area contributed by atoms with E-state index in [1.165, 1.54) is 74.0 Å². The van der Waals surface area contributed by atoms with Crippen molar-refractivity contribution < 1.29 is 62.8 Å².